The molecule has 0 aliphatic rings. The first-order chi connectivity index (χ1) is 15.1. The molecule has 3 aromatic rings. The highest BCUT2D eigenvalue weighted by atomic mass is 32.2. The number of carbonyl (C=O) groups excluding carboxylic acids is 1. The van der Waals surface area contributed by atoms with E-state index in [0.717, 1.165) is 11.8 Å². The molecule has 0 saturated carbocycles. The van der Waals surface area contributed by atoms with Crippen LogP contribution in [0.5, 0.6) is 11.8 Å². The minimum atomic E-state index is -3.84. The van der Waals surface area contributed by atoms with Gasteiger partial charge in [0, 0.05) is 37.5 Å². The average molecular weight is 458 g/mol. The van der Waals surface area contributed by atoms with E-state index in [-0.39, 0.29) is 24.5 Å². The Kier molecular flexibility index (Phi) is 6.70. The van der Waals surface area contributed by atoms with Crippen molar-refractivity contribution in [3.05, 3.63) is 71.4 Å². The van der Waals surface area contributed by atoms with Crippen molar-refractivity contribution in [2.24, 2.45) is 0 Å². The first-order valence-corrected chi connectivity index (χ1v) is 11.4. The van der Waals surface area contributed by atoms with Crippen molar-refractivity contribution in [1.29, 1.82) is 0 Å². The number of nitrogens with zero attached hydrogens (tertiary/aromatic N) is 3. The summed E-state index contributed by atoms with van der Waals surface area (Å²) in [5.74, 6) is -0.511. The molecule has 1 atom stereocenters. The van der Waals surface area contributed by atoms with E-state index in [0.29, 0.717) is 11.3 Å². The second-order valence-electron chi connectivity index (χ2n) is 7.30. The van der Waals surface area contributed by atoms with Gasteiger partial charge >= 0.3 is 6.01 Å². The third-order valence-corrected chi connectivity index (χ3v) is 7.19. The number of rotatable bonds is 8. The molecule has 2 N–H and O–H groups in total. The number of amides is 1. The maximum atomic E-state index is 12.5. The molecule has 0 unspecified atom stereocenters. The van der Waals surface area contributed by atoms with Gasteiger partial charge in [0.15, 0.2) is 14.6 Å². The van der Waals surface area contributed by atoms with Crippen LogP contribution in [0.1, 0.15) is 13.3 Å². The molecule has 168 valence electrons. The Morgan fingerprint density at radius 2 is 1.81 bits per heavy atom. The molecule has 0 aliphatic heterocycles. The summed E-state index contributed by atoms with van der Waals surface area (Å²) in [6, 6.07) is 12.0. The summed E-state index contributed by atoms with van der Waals surface area (Å²) < 4.78 is 29.1. The normalized spacial score (nSPS) is 13.2. The second kappa shape index (κ2) is 9.28. The molecule has 0 aliphatic carbocycles. The quantitative estimate of drug-likeness (QED) is 0.385. The molecule has 3 rings (SSSR count). The van der Waals surface area contributed by atoms with Gasteiger partial charge in [-0.25, -0.2) is 23.9 Å². The summed E-state index contributed by atoms with van der Waals surface area (Å²) in [4.78, 5) is 32.4. The van der Waals surface area contributed by atoms with E-state index >= 15 is 0 Å². The first kappa shape index (κ1) is 23.1. The van der Waals surface area contributed by atoms with Crippen molar-refractivity contribution in [2.75, 3.05) is 6.26 Å². The number of hydrogen-bond acceptors (Lipinski definition) is 8. The van der Waals surface area contributed by atoms with Crippen LogP contribution in [-0.4, -0.2) is 45.1 Å². The minimum absolute atomic E-state index is 0.0278. The molecule has 1 amide bonds. The predicted molar refractivity (Wildman–Crippen MR) is 116 cm³/mol. The van der Waals surface area contributed by atoms with Gasteiger partial charge in [-0.15, -0.1) is 0 Å². The summed E-state index contributed by atoms with van der Waals surface area (Å²) >= 11 is 0. The van der Waals surface area contributed by atoms with E-state index in [1.807, 2.05) is 0 Å². The number of benzene rings is 1. The highest BCUT2D eigenvalue weighted by molar-refractivity contribution is 7.92. The van der Waals surface area contributed by atoms with Crippen LogP contribution in [0.15, 0.2) is 65.8 Å². The summed E-state index contributed by atoms with van der Waals surface area (Å²) in [6.07, 6.45) is 5.39. The number of hydrogen-bond donors (Lipinski definition) is 2. The molecule has 0 fully saturated rings. The molecule has 2 heterocycles. The maximum Gasteiger partial charge on any atom is 0.321 e. The summed E-state index contributed by atoms with van der Waals surface area (Å²) in [5, 5.41) is 8.90. The lowest BCUT2D eigenvalue weighted by atomic mass is 10.1. The monoisotopic (exact) mass is 458 g/mol. The van der Waals surface area contributed by atoms with Crippen molar-refractivity contribution >= 4 is 15.7 Å². The lowest BCUT2D eigenvalue weighted by Crippen LogP contribution is -2.49. The molecule has 0 saturated heterocycles. The topological polar surface area (TPSA) is 140 Å². The molecule has 11 heteroatoms. The highest BCUT2D eigenvalue weighted by Gasteiger charge is 2.43. The number of hydroxylamine groups is 1. The van der Waals surface area contributed by atoms with E-state index in [1.165, 1.54) is 29.2 Å². The number of aromatic nitrogens is 3. The number of nitrogens with one attached hydrogen (secondary N) is 1. The van der Waals surface area contributed by atoms with Gasteiger partial charge in [-0.2, -0.15) is 0 Å². The van der Waals surface area contributed by atoms with Crippen LogP contribution < -0.4 is 15.8 Å². The van der Waals surface area contributed by atoms with Crippen molar-refractivity contribution in [3.8, 4) is 22.9 Å². The smallest absolute Gasteiger partial charge is 0.321 e. The van der Waals surface area contributed by atoms with Gasteiger partial charge in [0.05, 0.1) is 0 Å². The van der Waals surface area contributed by atoms with Crippen molar-refractivity contribution < 1.29 is 23.2 Å². The molecule has 1 aromatic carbocycles. The van der Waals surface area contributed by atoms with Gasteiger partial charge in [-0.1, -0.05) is 12.1 Å². The largest absolute Gasteiger partial charge is 0.424 e. The average Bonchev–Trinajstić information content (AvgIpc) is 2.78. The number of carbonyl (C=O) groups is 1. The van der Waals surface area contributed by atoms with E-state index in [4.69, 9.17) is 9.94 Å². The Morgan fingerprint density at radius 3 is 2.38 bits per heavy atom. The molecular formula is C21H22N4O6S. The Labute approximate surface area is 184 Å². The fraction of sp³-hybridized carbons (Fsp3) is 0.238. The zero-order chi connectivity index (χ0) is 23.4. The second-order valence-corrected chi connectivity index (χ2v) is 9.74. The Bertz CT molecular complexity index is 1260. The highest BCUT2D eigenvalue weighted by Crippen LogP contribution is 2.24. The zero-order valence-corrected chi connectivity index (χ0v) is 18.2. The zero-order valence-electron chi connectivity index (χ0n) is 17.4. The molecule has 32 heavy (non-hydrogen) atoms. The number of sulfone groups is 1. The molecule has 0 spiro atoms. The maximum absolute atomic E-state index is 12.5. The van der Waals surface area contributed by atoms with Crippen molar-refractivity contribution in [2.45, 2.75) is 24.6 Å². The third kappa shape index (κ3) is 5.01. The SMILES string of the molecule is C[C@@](CCn1ccc(-c2ccc(Oc3ncccn3)cc2)cc1=O)(C(=O)NO)S(C)(=O)=O. The Balaban J connectivity index is 1.75. The van der Waals surface area contributed by atoms with Crippen LogP contribution in [0.2, 0.25) is 0 Å². The number of aryl methyl sites for hydroxylation is 1. The van der Waals surface area contributed by atoms with Gasteiger partial charge < -0.3 is 9.30 Å². The predicted octanol–water partition coefficient (Wildman–Crippen LogP) is 1.80. The van der Waals surface area contributed by atoms with Crippen LogP contribution in [-0.2, 0) is 21.2 Å². The van der Waals surface area contributed by atoms with Crippen LogP contribution >= 0.6 is 0 Å². The lowest BCUT2D eigenvalue weighted by molar-refractivity contribution is -0.131. The van der Waals surface area contributed by atoms with Gasteiger partial charge in [0.2, 0.25) is 0 Å². The molecule has 0 bridgehead atoms. The van der Waals surface area contributed by atoms with E-state index in [9.17, 15) is 18.0 Å². The molecule has 10 nitrogen and oxygen atoms in total. The fourth-order valence-corrected chi connectivity index (χ4v) is 3.79. The molecule has 0 radical (unpaired) electrons. The molecule has 2 aromatic heterocycles. The summed E-state index contributed by atoms with van der Waals surface area (Å²) in [5.41, 5.74) is 2.46. The molecular weight excluding hydrogens is 436 g/mol. The summed E-state index contributed by atoms with van der Waals surface area (Å²) in [7, 11) is -3.84. The van der Waals surface area contributed by atoms with Crippen LogP contribution in [0.4, 0.5) is 0 Å². The minimum Gasteiger partial charge on any atom is -0.424 e. The van der Waals surface area contributed by atoms with Gasteiger partial charge in [-0.3, -0.25) is 14.8 Å². The standard InChI is InChI=1S/C21H22N4O6S/c1-21(19(27)24-28,32(2,29)30)9-13-25-12-8-16(14-18(25)26)15-4-6-17(7-5-15)31-20-22-10-3-11-23-20/h3-8,10-12,14,28H,9,13H2,1-2H3,(H,24,27)/t21-/m1/s1. The fourth-order valence-electron chi connectivity index (χ4n) is 2.95. The van der Waals surface area contributed by atoms with Crippen LogP contribution in [0.3, 0.4) is 0 Å². The van der Waals surface area contributed by atoms with Gasteiger partial charge in [0.25, 0.3) is 11.5 Å². The van der Waals surface area contributed by atoms with Gasteiger partial charge in [0.1, 0.15) is 5.75 Å². The Morgan fingerprint density at radius 1 is 1.16 bits per heavy atom. The number of pyridine rings is 1. The van der Waals surface area contributed by atoms with Gasteiger partial charge in [-0.05, 0) is 48.7 Å². The first-order valence-electron chi connectivity index (χ1n) is 9.54. The van der Waals surface area contributed by atoms with Crippen molar-refractivity contribution in [1.82, 2.24) is 20.0 Å². The van der Waals surface area contributed by atoms with Crippen molar-refractivity contribution in [3.63, 3.8) is 0 Å². The van der Waals surface area contributed by atoms with E-state index in [2.05, 4.69) is 9.97 Å². The van der Waals surface area contributed by atoms with Crippen LogP contribution in [0.25, 0.3) is 11.1 Å². The lowest BCUT2D eigenvalue weighted by Gasteiger charge is -2.25. The summed E-state index contributed by atoms with van der Waals surface area (Å²) in [6.45, 7) is 1.18. The third-order valence-electron chi connectivity index (χ3n) is 5.16. The Hall–Kier alpha value is -3.57. The van der Waals surface area contributed by atoms with E-state index in [1.54, 1.807) is 48.8 Å². The van der Waals surface area contributed by atoms with Crippen LogP contribution in [0, 0.1) is 0 Å². The number of ether oxygens (including phenoxy) is 1. The van der Waals surface area contributed by atoms with E-state index < -0.39 is 20.5 Å².